The van der Waals surface area contributed by atoms with Crippen LogP contribution in [0.1, 0.15) is 31.9 Å². The molecule has 3 heterocycles. The van der Waals surface area contributed by atoms with Gasteiger partial charge in [0, 0.05) is 24.2 Å². The van der Waals surface area contributed by atoms with Crippen molar-refractivity contribution in [3.63, 3.8) is 0 Å². The van der Waals surface area contributed by atoms with Gasteiger partial charge in [-0.2, -0.15) is 5.26 Å². The number of nitriles is 1. The molecule has 30 heavy (non-hydrogen) atoms. The predicted molar refractivity (Wildman–Crippen MR) is 117 cm³/mol. The largest absolute Gasteiger partial charge is 0.497 e. The van der Waals surface area contributed by atoms with Crippen LogP contribution in [0.2, 0.25) is 5.15 Å². The lowest BCUT2D eigenvalue weighted by atomic mass is 10.0. The van der Waals surface area contributed by atoms with Crippen molar-refractivity contribution in [3.05, 3.63) is 74.9 Å². The summed E-state index contributed by atoms with van der Waals surface area (Å²) >= 11 is 7.36. The van der Waals surface area contributed by atoms with Gasteiger partial charge in [0.05, 0.1) is 24.8 Å². The van der Waals surface area contributed by atoms with Crippen LogP contribution in [0.4, 0.5) is 5.00 Å². The van der Waals surface area contributed by atoms with Crippen molar-refractivity contribution in [3.8, 4) is 11.8 Å². The number of anilines is 1. The van der Waals surface area contributed by atoms with Crippen molar-refractivity contribution in [2.24, 2.45) is 0 Å². The van der Waals surface area contributed by atoms with Gasteiger partial charge in [0.25, 0.3) is 5.91 Å². The minimum atomic E-state index is -0.0809. The topological polar surface area (TPSA) is 78.2 Å². The fraction of sp³-hybridized carbons (Fsp3) is 0.227. The van der Waals surface area contributed by atoms with E-state index in [9.17, 15) is 10.1 Å². The van der Waals surface area contributed by atoms with Crippen molar-refractivity contribution in [1.82, 2.24) is 9.88 Å². The molecule has 0 saturated heterocycles. The molecule has 4 rings (SSSR count). The summed E-state index contributed by atoms with van der Waals surface area (Å²) in [7, 11) is 1.64. The van der Waals surface area contributed by atoms with Gasteiger partial charge in [-0.15, -0.1) is 11.3 Å². The zero-order valence-corrected chi connectivity index (χ0v) is 17.9. The number of ether oxygens (including phenoxy) is 1. The van der Waals surface area contributed by atoms with E-state index in [4.69, 9.17) is 16.3 Å². The number of carbonyl (C=O) groups is 1. The first-order valence-corrected chi connectivity index (χ1v) is 10.6. The molecule has 1 aliphatic rings. The Balaban J connectivity index is 1.51. The Morgan fingerprint density at radius 2 is 2.27 bits per heavy atom. The van der Waals surface area contributed by atoms with Crippen LogP contribution in [0.25, 0.3) is 0 Å². The maximum absolute atomic E-state index is 12.8. The zero-order valence-electron chi connectivity index (χ0n) is 16.3. The van der Waals surface area contributed by atoms with Gasteiger partial charge in [-0.3, -0.25) is 4.79 Å². The fourth-order valence-corrected chi connectivity index (χ4v) is 4.79. The summed E-state index contributed by atoms with van der Waals surface area (Å²) in [4.78, 5) is 19.6. The molecule has 1 amide bonds. The molecule has 0 radical (unpaired) electrons. The monoisotopic (exact) mass is 438 g/mol. The molecule has 8 heteroatoms. The van der Waals surface area contributed by atoms with E-state index in [1.165, 1.54) is 17.5 Å². The molecule has 1 aliphatic heterocycles. The third-order valence-corrected chi connectivity index (χ3v) is 6.42. The van der Waals surface area contributed by atoms with Gasteiger partial charge in [0.15, 0.2) is 0 Å². The second-order valence-electron chi connectivity index (χ2n) is 6.87. The number of amides is 1. The van der Waals surface area contributed by atoms with E-state index in [0.717, 1.165) is 26.8 Å². The molecule has 0 fully saturated rings. The normalized spacial score (nSPS) is 12.8. The van der Waals surface area contributed by atoms with Gasteiger partial charge in [-0.05, 0) is 41.8 Å². The highest BCUT2D eigenvalue weighted by Crippen LogP contribution is 2.37. The lowest BCUT2D eigenvalue weighted by Crippen LogP contribution is -2.35. The molecular weight excluding hydrogens is 420 g/mol. The highest BCUT2D eigenvalue weighted by atomic mass is 35.5. The number of carbonyl (C=O) groups excluding carboxylic acids is 1. The zero-order chi connectivity index (χ0) is 21.1. The van der Waals surface area contributed by atoms with Gasteiger partial charge in [0.1, 0.15) is 22.0 Å². The number of hydrogen-bond acceptors (Lipinski definition) is 6. The number of benzene rings is 1. The Kier molecular flexibility index (Phi) is 5.88. The van der Waals surface area contributed by atoms with Crippen molar-refractivity contribution >= 4 is 33.8 Å². The summed E-state index contributed by atoms with van der Waals surface area (Å²) in [6.45, 7) is 1.64. The number of pyridine rings is 1. The van der Waals surface area contributed by atoms with Crippen molar-refractivity contribution < 1.29 is 9.53 Å². The number of hydrogen-bond donors (Lipinski definition) is 1. The number of thiophene rings is 1. The molecule has 0 unspecified atom stereocenters. The minimum absolute atomic E-state index is 0.0809. The Morgan fingerprint density at radius 1 is 1.40 bits per heavy atom. The predicted octanol–water partition coefficient (Wildman–Crippen LogP) is 4.49. The van der Waals surface area contributed by atoms with Crippen LogP contribution in [0.3, 0.4) is 0 Å². The summed E-state index contributed by atoms with van der Waals surface area (Å²) < 4.78 is 5.27. The first kappa shape index (κ1) is 20.2. The number of nitrogens with zero attached hydrogens (tertiary/aromatic N) is 3. The molecule has 0 bridgehead atoms. The minimum Gasteiger partial charge on any atom is -0.497 e. The van der Waals surface area contributed by atoms with Gasteiger partial charge in [-0.1, -0.05) is 23.7 Å². The lowest BCUT2D eigenvalue weighted by molar-refractivity contribution is 0.0736. The van der Waals surface area contributed by atoms with Gasteiger partial charge in [-0.25, -0.2) is 4.98 Å². The van der Waals surface area contributed by atoms with Crippen LogP contribution in [0.5, 0.6) is 5.75 Å². The van der Waals surface area contributed by atoms with E-state index < -0.39 is 0 Å². The average Bonchev–Trinajstić information content (AvgIpc) is 3.14. The highest BCUT2D eigenvalue weighted by molar-refractivity contribution is 7.16. The van der Waals surface area contributed by atoms with E-state index >= 15 is 0 Å². The van der Waals surface area contributed by atoms with Gasteiger partial charge < -0.3 is 15.0 Å². The van der Waals surface area contributed by atoms with Crippen LogP contribution in [-0.2, 0) is 19.5 Å². The highest BCUT2D eigenvalue weighted by Gasteiger charge is 2.27. The van der Waals surface area contributed by atoms with Crippen LogP contribution < -0.4 is 10.1 Å². The molecule has 0 aliphatic carbocycles. The third kappa shape index (κ3) is 4.11. The van der Waals surface area contributed by atoms with E-state index in [0.29, 0.717) is 42.3 Å². The Morgan fingerprint density at radius 3 is 3.00 bits per heavy atom. The molecule has 0 saturated carbocycles. The summed E-state index contributed by atoms with van der Waals surface area (Å²) in [5.41, 5.74) is 3.29. The Labute approximate surface area is 183 Å². The van der Waals surface area contributed by atoms with Crippen LogP contribution in [-0.4, -0.2) is 29.4 Å². The molecule has 1 aromatic carbocycles. The van der Waals surface area contributed by atoms with Gasteiger partial charge in [0.2, 0.25) is 0 Å². The molecule has 2 aromatic heterocycles. The van der Waals surface area contributed by atoms with Crippen LogP contribution in [0.15, 0.2) is 42.6 Å². The SMILES string of the molecule is COc1cccc(CNc2sc3c(c2C#N)CCN(C(=O)c2ccc(Cl)nc2)C3)c1. The molecule has 1 N–H and O–H groups in total. The molecule has 3 aromatic rings. The summed E-state index contributed by atoms with van der Waals surface area (Å²) in [6, 6.07) is 13.5. The summed E-state index contributed by atoms with van der Waals surface area (Å²) in [5.74, 6) is 0.716. The quantitative estimate of drug-likeness (QED) is 0.594. The molecule has 0 spiro atoms. The number of aromatic nitrogens is 1. The molecule has 0 atom stereocenters. The number of rotatable bonds is 5. The third-order valence-electron chi connectivity index (χ3n) is 5.02. The molecular formula is C22H19ClN4O2S. The average molecular weight is 439 g/mol. The Bertz CT molecular complexity index is 1120. The maximum atomic E-state index is 12.8. The summed E-state index contributed by atoms with van der Waals surface area (Å²) in [5, 5.41) is 14.3. The maximum Gasteiger partial charge on any atom is 0.255 e. The number of halogens is 1. The first-order chi connectivity index (χ1) is 14.6. The fourth-order valence-electron chi connectivity index (χ4n) is 3.47. The van der Waals surface area contributed by atoms with E-state index in [2.05, 4.69) is 16.4 Å². The molecule has 6 nitrogen and oxygen atoms in total. The van der Waals surface area contributed by atoms with Crippen LogP contribution in [0, 0.1) is 11.3 Å². The number of nitrogens with one attached hydrogen (secondary N) is 1. The smallest absolute Gasteiger partial charge is 0.255 e. The standard InChI is InChI=1S/C22H19ClN4O2S/c1-29-16-4-2-3-14(9-16)11-26-21-18(10-24)17-7-8-27(13-19(17)30-21)22(28)15-5-6-20(23)25-12-15/h2-6,9,12,26H,7-8,11,13H2,1H3. The van der Waals surface area contributed by atoms with Crippen LogP contribution >= 0.6 is 22.9 Å². The number of fused-ring (bicyclic) bond motifs is 1. The van der Waals surface area contributed by atoms with Gasteiger partial charge >= 0.3 is 0 Å². The Hall–Kier alpha value is -3.08. The summed E-state index contributed by atoms with van der Waals surface area (Å²) in [6.07, 6.45) is 2.15. The molecule has 152 valence electrons. The second-order valence-corrected chi connectivity index (χ2v) is 8.36. The van der Waals surface area contributed by atoms with Crippen molar-refractivity contribution in [1.29, 1.82) is 5.26 Å². The van der Waals surface area contributed by atoms with Crippen molar-refractivity contribution in [2.75, 3.05) is 19.0 Å². The van der Waals surface area contributed by atoms with E-state index in [1.54, 1.807) is 24.1 Å². The first-order valence-electron chi connectivity index (χ1n) is 9.41. The lowest BCUT2D eigenvalue weighted by Gasteiger charge is -2.27. The van der Waals surface area contributed by atoms with E-state index in [-0.39, 0.29) is 5.91 Å². The van der Waals surface area contributed by atoms with E-state index in [1.807, 2.05) is 24.3 Å². The number of methoxy groups -OCH3 is 1. The second kappa shape index (κ2) is 8.74. The van der Waals surface area contributed by atoms with Crippen molar-refractivity contribution in [2.45, 2.75) is 19.5 Å².